The monoisotopic (exact) mass is 612 g/mol. The second kappa shape index (κ2) is 10.2. The van der Waals surface area contributed by atoms with Crippen LogP contribution in [0.2, 0.25) is 0 Å². The Morgan fingerprint density at radius 1 is 0.595 bits per heavy atom. The van der Waals surface area contributed by atoms with Crippen LogP contribution in [0.3, 0.4) is 0 Å². The SMILES string of the molecule is c1ccc(C2CCC3[O][Ga]([O][Ga]4[O]C5CCC(c6ccccc6)C6CCC[N]4C56)[N]4CCCC2C34)cc1. The van der Waals surface area contributed by atoms with E-state index < -0.39 is 34.4 Å². The van der Waals surface area contributed by atoms with Gasteiger partial charge in [0.1, 0.15) is 0 Å². The van der Waals surface area contributed by atoms with Gasteiger partial charge in [0.15, 0.2) is 0 Å². The molecule has 0 amide bonds. The maximum absolute atomic E-state index is 7.19. The zero-order valence-electron chi connectivity index (χ0n) is 21.7. The van der Waals surface area contributed by atoms with Crippen LogP contribution in [0.4, 0.5) is 0 Å². The summed E-state index contributed by atoms with van der Waals surface area (Å²) in [7, 11) is 0. The molecule has 5 nitrogen and oxygen atoms in total. The van der Waals surface area contributed by atoms with Crippen molar-refractivity contribution in [2.24, 2.45) is 11.8 Å². The Hall–Kier alpha value is -0.487. The molecule has 8 rings (SSSR count). The van der Waals surface area contributed by atoms with Crippen LogP contribution in [0.5, 0.6) is 0 Å². The molecule has 0 spiro atoms. The number of nitrogens with zero attached hydrogens (tertiary/aromatic N) is 2. The third-order valence-electron chi connectivity index (χ3n) is 10.7. The summed E-state index contributed by atoms with van der Waals surface area (Å²) < 4.78 is 26.7. The van der Waals surface area contributed by atoms with E-state index in [0.29, 0.717) is 36.1 Å². The topological polar surface area (TPSA) is 34.2 Å². The van der Waals surface area contributed by atoms with E-state index in [1.54, 1.807) is 0 Å². The van der Waals surface area contributed by atoms with Gasteiger partial charge in [-0.1, -0.05) is 0 Å². The molecular weight excluding hydrogens is 576 g/mol. The summed E-state index contributed by atoms with van der Waals surface area (Å²) in [6, 6.07) is 23.8. The Morgan fingerprint density at radius 2 is 1.05 bits per heavy atom. The first-order valence-corrected chi connectivity index (χ1v) is 21.1. The molecule has 8 atom stereocenters. The van der Waals surface area contributed by atoms with Crippen molar-refractivity contribution < 1.29 is 9.38 Å². The van der Waals surface area contributed by atoms with Crippen molar-refractivity contribution >= 4 is 34.4 Å². The summed E-state index contributed by atoms with van der Waals surface area (Å²) in [5.41, 5.74) is 3.08. The number of piperidine rings is 2. The number of hydrogen-bond acceptors (Lipinski definition) is 5. The molecule has 2 aromatic carbocycles. The van der Waals surface area contributed by atoms with Crippen LogP contribution in [0.15, 0.2) is 60.7 Å². The fourth-order valence-corrected chi connectivity index (χ4v) is 25.3. The first-order valence-electron chi connectivity index (χ1n) is 14.9. The molecule has 2 saturated carbocycles. The van der Waals surface area contributed by atoms with Crippen LogP contribution in [0, 0.1) is 11.8 Å². The first-order chi connectivity index (χ1) is 18.3. The van der Waals surface area contributed by atoms with Gasteiger partial charge in [-0.05, 0) is 0 Å². The standard InChI is InChI=1S/2C15H19NO.2Ga.O/c2*17-14-9-8-12(11-5-2-1-3-6-11)13-7-4-10-16-15(13)14;;;/h2*1-3,5-6,12-15H,4,7-10H2;;;/q2*-2;2*+2;. The van der Waals surface area contributed by atoms with E-state index in [9.17, 15) is 0 Å². The second-order valence-electron chi connectivity index (χ2n) is 12.4. The summed E-state index contributed by atoms with van der Waals surface area (Å²) in [4.78, 5) is 0. The van der Waals surface area contributed by atoms with Crippen LogP contribution in [0.25, 0.3) is 0 Å². The molecule has 0 N–H and O–H groups in total. The molecule has 2 aliphatic carbocycles. The van der Waals surface area contributed by atoms with Crippen molar-refractivity contribution in [3.8, 4) is 0 Å². The van der Waals surface area contributed by atoms with E-state index in [4.69, 9.17) is 9.38 Å². The number of benzene rings is 2. The van der Waals surface area contributed by atoms with Crippen molar-refractivity contribution in [1.82, 2.24) is 7.21 Å². The van der Waals surface area contributed by atoms with Gasteiger partial charge in [0.05, 0.1) is 0 Å². The van der Waals surface area contributed by atoms with Crippen molar-refractivity contribution in [2.45, 2.75) is 87.5 Å². The summed E-state index contributed by atoms with van der Waals surface area (Å²) in [6.07, 6.45) is 11.0. The van der Waals surface area contributed by atoms with E-state index in [2.05, 4.69) is 67.9 Å². The molecule has 4 aliphatic heterocycles. The normalized spacial score (nSPS) is 39.5. The first kappa shape index (κ1) is 24.3. The maximum atomic E-state index is 7.19. The minimum absolute atomic E-state index is 0.401. The summed E-state index contributed by atoms with van der Waals surface area (Å²) in [6.45, 7) is 2.37. The molecule has 0 aromatic heterocycles. The predicted molar refractivity (Wildman–Crippen MR) is 146 cm³/mol. The fourth-order valence-electron chi connectivity index (χ4n) is 9.26. The van der Waals surface area contributed by atoms with Crippen LogP contribution >= 0.6 is 0 Å². The Balaban J connectivity index is 1.01. The molecule has 6 aliphatic rings. The molecule has 4 heterocycles. The number of hydrogen-bond donors (Lipinski definition) is 0. The van der Waals surface area contributed by atoms with Gasteiger partial charge in [0, 0.05) is 0 Å². The van der Waals surface area contributed by atoms with Gasteiger partial charge < -0.3 is 0 Å². The average molecular weight is 614 g/mol. The van der Waals surface area contributed by atoms with E-state index in [1.807, 2.05) is 0 Å². The molecule has 0 bridgehead atoms. The van der Waals surface area contributed by atoms with Gasteiger partial charge in [-0.2, -0.15) is 0 Å². The second-order valence-corrected chi connectivity index (χ2v) is 22.4. The molecule has 0 radical (unpaired) electrons. The summed E-state index contributed by atoms with van der Waals surface area (Å²) >= 11 is -4.99. The van der Waals surface area contributed by atoms with Crippen molar-refractivity contribution in [3.63, 3.8) is 0 Å². The van der Waals surface area contributed by atoms with Gasteiger partial charge in [-0.25, -0.2) is 0 Å². The zero-order chi connectivity index (χ0) is 24.3. The summed E-state index contributed by atoms with van der Waals surface area (Å²) in [5, 5.41) is 0. The Labute approximate surface area is 234 Å². The van der Waals surface area contributed by atoms with E-state index in [-0.39, 0.29) is 0 Å². The Bertz CT molecular complexity index is 1010. The van der Waals surface area contributed by atoms with E-state index in [1.165, 1.54) is 75.6 Å². The zero-order valence-corrected chi connectivity index (χ0v) is 26.6. The van der Waals surface area contributed by atoms with Crippen LogP contribution < -0.4 is 0 Å². The molecule has 192 valence electrons. The van der Waals surface area contributed by atoms with Crippen LogP contribution in [-0.2, 0) is 9.38 Å². The molecule has 7 heteroatoms. The molecule has 6 fully saturated rings. The Kier molecular flexibility index (Phi) is 6.68. The molecule has 37 heavy (non-hydrogen) atoms. The van der Waals surface area contributed by atoms with Crippen molar-refractivity contribution in [3.05, 3.63) is 71.8 Å². The average Bonchev–Trinajstić information content (AvgIpc) is 3.50. The van der Waals surface area contributed by atoms with E-state index in [0.717, 1.165) is 11.8 Å². The molecule has 8 unspecified atom stereocenters. The Morgan fingerprint density at radius 3 is 1.51 bits per heavy atom. The molecular formula is C30H38Ga2N2O3. The van der Waals surface area contributed by atoms with Gasteiger partial charge >= 0.3 is 235 Å². The van der Waals surface area contributed by atoms with Crippen molar-refractivity contribution in [2.75, 3.05) is 13.1 Å². The van der Waals surface area contributed by atoms with Crippen LogP contribution in [0.1, 0.15) is 74.3 Å². The van der Waals surface area contributed by atoms with E-state index >= 15 is 0 Å². The third-order valence-corrected chi connectivity index (χ3v) is 24.0. The predicted octanol–water partition coefficient (Wildman–Crippen LogP) is 5.09. The minimum atomic E-state index is -2.50. The molecule has 2 aromatic rings. The van der Waals surface area contributed by atoms with Gasteiger partial charge in [0.2, 0.25) is 0 Å². The van der Waals surface area contributed by atoms with Crippen LogP contribution in [-0.4, -0.2) is 79.0 Å². The quantitative estimate of drug-likeness (QED) is 0.449. The van der Waals surface area contributed by atoms with Crippen molar-refractivity contribution in [1.29, 1.82) is 0 Å². The van der Waals surface area contributed by atoms with Gasteiger partial charge in [-0.15, -0.1) is 0 Å². The summed E-state index contributed by atoms with van der Waals surface area (Å²) in [5.74, 6) is 2.80. The van der Waals surface area contributed by atoms with Gasteiger partial charge in [-0.3, -0.25) is 0 Å². The number of rotatable bonds is 4. The fraction of sp³-hybridized carbons (Fsp3) is 0.600. The molecule has 4 saturated heterocycles. The van der Waals surface area contributed by atoms with Gasteiger partial charge in [0.25, 0.3) is 0 Å². The third kappa shape index (κ3) is 4.19.